The SMILES string of the molecule is CCNCc1ccc(Sc2cnccn2)c(F)c1. The first-order valence-corrected chi connectivity index (χ1v) is 6.54. The largest absolute Gasteiger partial charge is 0.313 e. The van der Waals surface area contributed by atoms with Gasteiger partial charge in [0.25, 0.3) is 0 Å². The van der Waals surface area contributed by atoms with Crippen molar-refractivity contribution in [1.82, 2.24) is 15.3 Å². The van der Waals surface area contributed by atoms with E-state index >= 15 is 0 Å². The van der Waals surface area contributed by atoms with Crippen LogP contribution < -0.4 is 5.32 Å². The van der Waals surface area contributed by atoms with Gasteiger partial charge in [-0.2, -0.15) is 0 Å². The van der Waals surface area contributed by atoms with Gasteiger partial charge >= 0.3 is 0 Å². The van der Waals surface area contributed by atoms with Gasteiger partial charge in [0.1, 0.15) is 10.8 Å². The zero-order valence-corrected chi connectivity index (χ0v) is 10.9. The molecular formula is C13H14FN3S. The Kier molecular flexibility index (Phi) is 4.66. The lowest BCUT2D eigenvalue weighted by atomic mass is 10.2. The summed E-state index contributed by atoms with van der Waals surface area (Å²) < 4.78 is 13.9. The lowest BCUT2D eigenvalue weighted by molar-refractivity contribution is 0.596. The maximum Gasteiger partial charge on any atom is 0.137 e. The van der Waals surface area contributed by atoms with Crippen molar-refractivity contribution in [2.24, 2.45) is 0 Å². The maximum absolute atomic E-state index is 13.9. The number of hydrogen-bond donors (Lipinski definition) is 1. The Morgan fingerprint density at radius 1 is 1.33 bits per heavy atom. The van der Waals surface area contributed by atoms with Crippen LogP contribution in [0.1, 0.15) is 12.5 Å². The number of rotatable bonds is 5. The van der Waals surface area contributed by atoms with Gasteiger partial charge in [-0.25, -0.2) is 9.37 Å². The van der Waals surface area contributed by atoms with Crippen molar-refractivity contribution in [3.63, 3.8) is 0 Å². The lowest BCUT2D eigenvalue weighted by Gasteiger charge is -2.06. The zero-order chi connectivity index (χ0) is 12.8. The normalized spacial score (nSPS) is 10.6. The van der Waals surface area contributed by atoms with Crippen LogP contribution in [0.15, 0.2) is 46.7 Å². The van der Waals surface area contributed by atoms with Crippen molar-refractivity contribution in [2.45, 2.75) is 23.4 Å². The minimum absolute atomic E-state index is 0.221. The van der Waals surface area contributed by atoms with Crippen molar-refractivity contribution in [3.8, 4) is 0 Å². The second-order valence-electron chi connectivity index (χ2n) is 3.69. The number of halogens is 1. The molecule has 0 bridgehead atoms. The summed E-state index contributed by atoms with van der Waals surface area (Å²) in [6.07, 6.45) is 4.82. The Hall–Kier alpha value is -1.46. The summed E-state index contributed by atoms with van der Waals surface area (Å²) in [5, 5.41) is 3.86. The number of aromatic nitrogens is 2. The highest BCUT2D eigenvalue weighted by Gasteiger charge is 2.06. The summed E-state index contributed by atoms with van der Waals surface area (Å²) in [4.78, 5) is 8.63. The second kappa shape index (κ2) is 6.47. The van der Waals surface area contributed by atoms with Crippen LogP contribution >= 0.6 is 11.8 Å². The third kappa shape index (κ3) is 3.51. The highest BCUT2D eigenvalue weighted by molar-refractivity contribution is 7.99. The average Bonchev–Trinajstić information content (AvgIpc) is 2.40. The minimum Gasteiger partial charge on any atom is -0.313 e. The molecule has 1 heterocycles. The van der Waals surface area contributed by atoms with Gasteiger partial charge in [-0.3, -0.25) is 4.98 Å². The highest BCUT2D eigenvalue weighted by atomic mass is 32.2. The van der Waals surface area contributed by atoms with Crippen molar-refractivity contribution >= 4 is 11.8 Å². The highest BCUT2D eigenvalue weighted by Crippen LogP contribution is 2.28. The predicted octanol–water partition coefficient (Wildman–Crippen LogP) is 2.88. The first kappa shape index (κ1) is 13.0. The van der Waals surface area contributed by atoms with Gasteiger partial charge in [-0.05, 0) is 24.2 Å². The molecule has 2 aromatic rings. The van der Waals surface area contributed by atoms with E-state index < -0.39 is 0 Å². The van der Waals surface area contributed by atoms with Gasteiger partial charge in [-0.15, -0.1) is 0 Å². The summed E-state index contributed by atoms with van der Waals surface area (Å²) >= 11 is 1.28. The first-order valence-electron chi connectivity index (χ1n) is 5.72. The Balaban J connectivity index is 2.10. The molecule has 1 aromatic carbocycles. The van der Waals surface area contributed by atoms with Crippen LogP contribution in [0.2, 0.25) is 0 Å². The van der Waals surface area contributed by atoms with Gasteiger partial charge < -0.3 is 5.32 Å². The van der Waals surface area contributed by atoms with E-state index in [1.54, 1.807) is 30.7 Å². The first-order chi connectivity index (χ1) is 8.79. The third-order valence-corrected chi connectivity index (χ3v) is 3.30. The molecule has 0 saturated carbocycles. The van der Waals surface area contributed by atoms with Crippen LogP contribution in [0.3, 0.4) is 0 Å². The molecule has 18 heavy (non-hydrogen) atoms. The van der Waals surface area contributed by atoms with Gasteiger partial charge in [0.05, 0.1) is 6.20 Å². The molecule has 2 rings (SSSR count). The molecule has 1 aromatic heterocycles. The summed E-state index contributed by atoms with van der Waals surface area (Å²) in [6.45, 7) is 3.58. The van der Waals surface area contributed by atoms with Gasteiger partial charge in [0.2, 0.25) is 0 Å². The fraction of sp³-hybridized carbons (Fsp3) is 0.231. The summed E-state index contributed by atoms with van der Waals surface area (Å²) in [5.74, 6) is -0.221. The summed E-state index contributed by atoms with van der Waals surface area (Å²) in [6, 6.07) is 5.26. The van der Waals surface area contributed by atoms with Crippen LogP contribution in [-0.4, -0.2) is 16.5 Å². The monoisotopic (exact) mass is 263 g/mol. The van der Waals surface area contributed by atoms with E-state index in [2.05, 4.69) is 15.3 Å². The van der Waals surface area contributed by atoms with E-state index in [-0.39, 0.29) is 5.82 Å². The maximum atomic E-state index is 13.9. The van der Waals surface area contributed by atoms with E-state index in [1.165, 1.54) is 11.8 Å². The van der Waals surface area contributed by atoms with Crippen molar-refractivity contribution in [1.29, 1.82) is 0 Å². The molecule has 0 aliphatic heterocycles. The number of hydrogen-bond acceptors (Lipinski definition) is 4. The molecule has 0 radical (unpaired) electrons. The van der Waals surface area contributed by atoms with Crippen molar-refractivity contribution < 1.29 is 4.39 Å². The van der Waals surface area contributed by atoms with E-state index in [9.17, 15) is 4.39 Å². The van der Waals surface area contributed by atoms with Crippen LogP contribution in [0.5, 0.6) is 0 Å². The average molecular weight is 263 g/mol. The molecule has 0 saturated heterocycles. The van der Waals surface area contributed by atoms with E-state index in [0.29, 0.717) is 16.5 Å². The van der Waals surface area contributed by atoms with Gasteiger partial charge in [0.15, 0.2) is 0 Å². The second-order valence-corrected chi connectivity index (χ2v) is 4.75. The molecule has 0 aliphatic carbocycles. The Morgan fingerprint density at radius 3 is 2.89 bits per heavy atom. The van der Waals surface area contributed by atoms with Gasteiger partial charge in [-0.1, -0.05) is 24.8 Å². The smallest absolute Gasteiger partial charge is 0.137 e. The third-order valence-electron chi connectivity index (χ3n) is 2.33. The van der Waals surface area contributed by atoms with E-state index in [1.807, 2.05) is 13.0 Å². The zero-order valence-electron chi connectivity index (χ0n) is 10.1. The van der Waals surface area contributed by atoms with E-state index in [0.717, 1.165) is 12.1 Å². The molecule has 0 atom stereocenters. The van der Waals surface area contributed by atoms with Crippen LogP contribution in [0.25, 0.3) is 0 Å². The van der Waals surface area contributed by atoms with Crippen LogP contribution in [0.4, 0.5) is 4.39 Å². The molecule has 0 amide bonds. The molecule has 0 fully saturated rings. The summed E-state index contributed by atoms with van der Waals surface area (Å²) in [5.41, 5.74) is 0.942. The quantitative estimate of drug-likeness (QED) is 0.900. The molecular weight excluding hydrogens is 249 g/mol. The summed E-state index contributed by atoms with van der Waals surface area (Å²) in [7, 11) is 0. The fourth-order valence-electron chi connectivity index (χ4n) is 1.46. The van der Waals surface area contributed by atoms with Crippen molar-refractivity contribution in [3.05, 3.63) is 48.2 Å². The molecule has 0 aliphatic rings. The fourth-order valence-corrected chi connectivity index (χ4v) is 2.20. The molecule has 0 unspecified atom stereocenters. The van der Waals surface area contributed by atoms with Crippen LogP contribution in [-0.2, 0) is 6.54 Å². The predicted molar refractivity (Wildman–Crippen MR) is 69.9 cm³/mol. The Morgan fingerprint density at radius 2 is 2.22 bits per heavy atom. The molecule has 3 nitrogen and oxygen atoms in total. The molecule has 5 heteroatoms. The molecule has 0 spiro atoms. The number of nitrogens with one attached hydrogen (secondary N) is 1. The van der Waals surface area contributed by atoms with E-state index in [4.69, 9.17) is 0 Å². The topological polar surface area (TPSA) is 37.8 Å². The van der Waals surface area contributed by atoms with Gasteiger partial charge in [0, 0.05) is 23.8 Å². The molecule has 1 N–H and O–H groups in total. The number of nitrogens with zero attached hydrogens (tertiary/aromatic N) is 2. The molecule has 94 valence electrons. The van der Waals surface area contributed by atoms with Crippen LogP contribution in [0, 0.1) is 5.82 Å². The standard InChI is InChI=1S/C13H14FN3S/c1-2-15-8-10-3-4-12(11(14)7-10)18-13-9-16-5-6-17-13/h3-7,9,15H,2,8H2,1H3. The number of benzene rings is 1. The minimum atomic E-state index is -0.221. The van der Waals surface area contributed by atoms with Crippen molar-refractivity contribution in [2.75, 3.05) is 6.54 Å². The Bertz CT molecular complexity index is 505. The lowest BCUT2D eigenvalue weighted by Crippen LogP contribution is -2.11. The Labute approximate surface area is 110 Å².